The molecule has 1 heterocycles. The molecule has 1 aliphatic carbocycles. The van der Waals surface area contributed by atoms with Gasteiger partial charge in [-0.25, -0.2) is 4.79 Å². The average molecular weight is 357 g/mol. The van der Waals surface area contributed by atoms with Crippen LogP contribution in [-0.4, -0.2) is 34.8 Å². The van der Waals surface area contributed by atoms with Gasteiger partial charge < -0.3 is 10.6 Å². The van der Waals surface area contributed by atoms with E-state index >= 15 is 0 Å². The van der Waals surface area contributed by atoms with E-state index in [-0.39, 0.29) is 18.4 Å². The van der Waals surface area contributed by atoms with Crippen LogP contribution in [0.1, 0.15) is 56.1 Å². The van der Waals surface area contributed by atoms with Gasteiger partial charge in [0.25, 0.3) is 5.91 Å². The first-order chi connectivity index (χ1) is 12.5. The van der Waals surface area contributed by atoms with Gasteiger partial charge in [0.15, 0.2) is 0 Å². The molecule has 0 bridgehead atoms. The van der Waals surface area contributed by atoms with E-state index in [1.165, 1.54) is 6.42 Å². The second-order valence-electron chi connectivity index (χ2n) is 7.43. The Balaban J connectivity index is 1.58. The number of benzene rings is 1. The minimum Gasteiger partial charge on any atom is -0.350 e. The predicted octanol–water partition coefficient (Wildman–Crippen LogP) is 2.65. The van der Waals surface area contributed by atoms with Crippen LogP contribution in [0.15, 0.2) is 24.3 Å². The van der Waals surface area contributed by atoms with E-state index < -0.39 is 11.6 Å². The quantitative estimate of drug-likeness (QED) is 0.813. The number of aryl methyl sites for hydroxylation is 1. The monoisotopic (exact) mass is 357 g/mol. The van der Waals surface area contributed by atoms with E-state index in [0.29, 0.717) is 19.4 Å². The molecular formula is C20H27N3O3. The number of urea groups is 1. The summed E-state index contributed by atoms with van der Waals surface area (Å²) < 4.78 is 0. The lowest BCUT2D eigenvalue weighted by Gasteiger charge is -2.28. The smallest absolute Gasteiger partial charge is 0.325 e. The predicted molar refractivity (Wildman–Crippen MR) is 98.3 cm³/mol. The van der Waals surface area contributed by atoms with Crippen LogP contribution in [0.25, 0.3) is 0 Å². The van der Waals surface area contributed by atoms with Gasteiger partial charge in [-0.15, -0.1) is 0 Å². The molecule has 4 amide bonds. The van der Waals surface area contributed by atoms with Gasteiger partial charge in [0.05, 0.1) is 0 Å². The maximum absolute atomic E-state index is 12.9. The molecule has 3 rings (SSSR count). The lowest BCUT2D eigenvalue weighted by Crippen LogP contribution is -2.48. The first-order valence-electron chi connectivity index (χ1n) is 9.46. The third-order valence-corrected chi connectivity index (χ3v) is 5.37. The zero-order valence-corrected chi connectivity index (χ0v) is 15.3. The highest BCUT2D eigenvalue weighted by molar-refractivity contribution is 6.09. The Morgan fingerprint density at radius 2 is 1.69 bits per heavy atom. The number of nitrogens with one attached hydrogen (secondary N) is 2. The molecule has 1 aromatic rings. The van der Waals surface area contributed by atoms with Crippen LogP contribution in [0.3, 0.4) is 0 Å². The second-order valence-corrected chi connectivity index (χ2v) is 7.43. The molecule has 2 aliphatic rings. The third kappa shape index (κ3) is 4.06. The van der Waals surface area contributed by atoms with E-state index in [0.717, 1.165) is 41.7 Å². The lowest BCUT2D eigenvalue weighted by atomic mass is 9.84. The van der Waals surface area contributed by atoms with Crippen LogP contribution >= 0.6 is 0 Å². The Hall–Kier alpha value is -2.37. The van der Waals surface area contributed by atoms with Crippen molar-refractivity contribution in [1.82, 2.24) is 15.5 Å². The molecule has 1 aromatic carbocycles. The molecule has 2 fully saturated rings. The van der Waals surface area contributed by atoms with E-state index in [2.05, 4.69) is 10.6 Å². The fourth-order valence-corrected chi connectivity index (χ4v) is 3.77. The molecule has 2 N–H and O–H groups in total. The van der Waals surface area contributed by atoms with Crippen molar-refractivity contribution in [2.75, 3.05) is 6.54 Å². The molecule has 6 nitrogen and oxygen atoms in total. The largest absolute Gasteiger partial charge is 0.350 e. The lowest BCUT2D eigenvalue weighted by molar-refractivity contribution is -0.135. The van der Waals surface area contributed by atoms with Crippen molar-refractivity contribution in [1.29, 1.82) is 0 Å². The van der Waals surface area contributed by atoms with Crippen LogP contribution in [0.4, 0.5) is 4.79 Å². The summed E-state index contributed by atoms with van der Waals surface area (Å²) in [5, 5.41) is 5.67. The van der Waals surface area contributed by atoms with Gasteiger partial charge in [-0.2, -0.15) is 0 Å². The number of hydrogen-bond acceptors (Lipinski definition) is 3. The summed E-state index contributed by atoms with van der Waals surface area (Å²) in [4.78, 5) is 38.5. The fraction of sp³-hybridized carbons (Fsp3) is 0.550. The molecular weight excluding hydrogens is 330 g/mol. The van der Waals surface area contributed by atoms with E-state index in [4.69, 9.17) is 0 Å². The summed E-state index contributed by atoms with van der Waals surface area (Å²) in [6, 6.07) is 7.43. The van der Waals surface area contributed by atoms with E-state index in [9.17, 15) is 14.4 Å². The van der Waals surface area contributed by atoms with Crippen molar-refractivity contribution in [2.45, 2.75) is 64.0 Å². The summed E-state index contributed by atoms with van der Waals surface area (Å²) in [5.74, 6) is -0.563. The van der Waals surface area contributed by atoms with E-state index in [1.807, 2.05) is 31.2 Å². The topological polar surface area (TPSA) is 78.5 Å². The molecule has 140 valence electrons. The molecule has 0 unspecified atom stereocenters. The van der Waals surface area contributed by atoms with Crippen LogP contribution in [0.5, 0.6) is 0 Å². The Morgan fingerprint density at radius 3 is 2.35 bits per heavy atom. The van der Waals surface area contributed by atoms with Gasteiger partial charge in [-0.1, -0.05) is 61.9 Å². The number of hydrogen-bond donors (Lipinski definition) is 2. The first kappa shape index (κ1) is 18.4. The van der Waals surface area contributed by atoms with Gasteiger partial charge in [-0.3, -0.25) is 14.5 Å². The summed E-state index contributed by atoms with van der Waals surface area (Å²) in [6.45, 7) is 2.16. The minimum atomic E-state index is -0.797. The van der Waals surface area contributed by atoms with Crippen molar-refractivity contribution < 1.29 is 14.4 Å². The molecule has 1 spiro atoms. The summed E-state index contributed by atoms with van der Waals surface area (Å²) >= 11 is 0. The van der Waals surface area contributed by atoms with Crippen LogP contribution in [0.2, 0.25) is 0 Å². The van der Waals surface area contributed by atoms with Crippen molar-refractivity contribution in [2.24, 2.45) is 0 Å². The molecule has 26 heavy (non-hydrogen) atoms. The molecule has 6 heteroatoms. The number of amides is 4. The fourth-order valence-electron chi connectivity index (χ4n) is 3.77. The van der Waals surface area contributed by atoms with Gasteiger partial charge in [0, 0.05) is 6.54 Å². The minimum absolute atomic E-state index is 0.224. The summed E-state index contributed by atoms with van der Waals surface area (Å²) in [5.41, 5.74) is 1.34. The van der Waals surface area contributed by atoms with Gasteiger partial charge >= 0.3 is 6.03 Å². The number of carbonyl (C=O) groups is 3. The average Bonchev–Trinajstić information content (AvgIpc) is 2.83. The SMILES string of the molecule is Cc1ccc(CNC(=O)CN2C(=O)NC3(CCCCCCC3)C2=O)cc1. The molecule has 1 saturated carbocycles. The Labute approximate surface area is 154 Å². The van der Waals surface area contributed by atoms with Gasteiger partial charge in [-0.05, 0) is 25.3 Å². The van der Waals surface area contributed by atoms with Gasteiger partial charge in [0.1, 0.15) is 12.1 Å². The van der Waals surface area contributed by atoms with Crippen molar-refractivity contribution in [3.8, 4) is 0 Å². The standard InChI is InChI=1S/C20H27N3O3/c1-15-7-9-16(10-8-15)13-21-17(24)14-23-18(25)20(22-19(23)26)11-5-3-2-4-6-12-20/h7-10H,2-6,11-14H2,1H3,(H,21,24)(H,22,26). The third-order valence-electron chi connectivity index (χ3n) is 5.37. The molecule has 0 radical (unpaired) electrons. The zero-order valence-electron chi connectivity index (χ0n) is 15.3. The summed E-state index contributed by atoms with van der Waals surface area (Å²) in [7, 11) is 0. The molecule has 1 saturated heterocycles. The Morgan fingerprint density at radius 1 is 1.08 bits per heavy atom. The summed E-state index contributed by atoms with van der Waals surface area (Å²) in [6.07, 6.45) is 6.55. The molecule has 0 aromatic heterocycles. The first-order valence-corrected chi connectivity index (χ1v) is 9.46. The van der Waals surface area contributed by atoms with E-state index in [1.54, 1.807) is 0 Å². The number of rotatable bonds is 4. The zero-order chi connectivity index (χ0) is 18.6. The van der Waals surface area contributed by atoms with Crippen LogP contribution in [-0.2, 0) is 16.1 Å². The van der Waals surface area contributed by atoms with Crippen molar-refractivity contribution in [3.05, 3.63) is 35.4 Å². The Kier molecular flexibility index (Phi) is 5.59. The second kappa shape index (κ2) is 7.89. The van der Waals surface area contributed by atoms with Gasteiger partial charge in [0.2, 0.25) is 5.91 Å². The number of carbonyl (C=O) groups excluding carboxylic acids is 3. The van der Waals surface area contributed by atoms with Crippen molar-refractivity contribution >= 4 is 17.8 Å². The highest BCUT2D eigenvalue weighted by Crippen LogP contribution is 2.31. The Bertz CT molecular complexity index is 676. The maximum Gasteiger partial charge on any atom is 0.325 e. The van der Waals surface area contributed by atoms with Crippen LogP contribution < -0.4 is 10.6 Å². The molecule has 1 aliphatic heterocycles. The highest BCUT2D eigenvalue weighted by atomic mass is 16.2. The molecule has 0 atom stereocenters. The van der Waals surface area contributed by atoms with Crippen molar-refractivity contribution in [3.63, 3.8) is 0 Å². The number of nitrogens with zero attached hydrogens (tertiary/aromatic N) is 1. The highest BCUT2D eigenvalue weighted by Gasteiger charge is 2.50. The number of imide groups is 1. The van der Waals surface area contributed by atoms with Crippen LogP contribution in [0, 0.1) is 6.92 Å². The maximum atomic E-state index is 12.9. The normalized spacial score (nSPS) is 19.8.